The zero-order chi connectivity index (χ0) is 19.5. The molecule has 152 valence electrons. The third-order valence-corrected chi connectivity index (χ3v) is 3.88. The molecule has 0 unspecified atom stereocenters. The molecule has 2 rings (SSSR count). The van der Waals surface area contributed by atoms with Gasteiger partial charge in [-0.15, -0.1) is 24.0 Å². The maximum Gasteiger partial charge on any atom is 0.251 e. The quantitative estimate of drug-likeness (QED) is 0.227. The number of hydrogen-bond acceptors (Lipinski definition) is 3. The van der Waals surface area contributed by atoms with E-state index in [1.54, 1.807) is 25.3 Å². The first-order valence-corrected chi connectivity index (χ1v) is 9.12. The van der Waals surface area contributed by atoms with Crippen LogP contribution in [-0.2, 0) is 6.54 Å². The summed E-state index contributed by atoms with van der Waals surface area (Å²) in [6.45, 7) is 6.54. The molecule has 2 aromatic rings. The van der Waals surface area contributed by atoms with Crippen molar-refractivity contribution in [1.29, 1.82) is 0 Å². The maximum atomic E-state index is 12.2. The van der Waals surface area contributed by atoms with E-state index >= 15 is 0 Å². The van der Waals surface area contributed by atoms with Crippen LogP contribution in [0.4, 0.5) is 0 Å². The van der Waals surface area contributed by atoms with Crippen LogP contribution in [0.3, 0.4) is 0 Å². The first-order valence-electron chi connectivity index (χ1n) is 9.12. The van der Waals surface area contributed by atoms with Gasteiger partial charge in [0.25, 0.3) is 5.91 Å². The molecule has 0 aromatic heterocycles. The number of aryl methyl sites for hydroxylation is 1. The molecule has 0 bridgehead atoms. The second-order valence-electron chi connectivity index (χ2n) is 6.10. The highest BCUT2D eigenvalue weighted by Crippen LogP contribution is 2.12. The average Bonchev–Trinajstić information content (AvgIpc) is 2.69. The highest BCUT2D eigenvalue weighted by molar-refractivity contribution is 14.0. The predicted octanol–water partition coefficient (Wildman–Crippen LogP) is 3.11. The Bertz CT molecular complexity index is 781. The second-order valence-corrected chi connectivity index (χ2v) is 6.10. The minimum Gasteiger partial charge on any atom is -0.497 e. The van der Waals surface area contributed by atoms with Crippen molar-refractivity contribution >= 4 is 35.8 Å². The maximum absolute atomic E-state index is 12.2. The lowest BCUT2D eigenvalue weighted by Gasteiger charge is -2.12. The molecule has 6 nitrogen and oxygen atoms in total. The number of rotatable bonds is 8. The van der Waals surface area contributed by atoms with Gasteiger partial charge in [0.2, 0.25) is 0 Å². The van der Waals surface area contributed by atoms with Crippen molar-refractivity contribution < 1.29 is 9.53 Å². The topological polar surface area (TPSA) is 74.8 Å². The summed E-state index contributed by atoms with van der Waals surface area (Å²) in [5, 5.41) is 9.34. The van der Waals surface area contributed by atoms with Crippen LogP contribution in [0.1, 0.15) is 28.4 Å². The molecule has 0 saturated heterocycles. The smallest absolute Gasteiger partial charge is 0.251 e. The fourth-order valence-corrected chi connectivity index (χ4v) is 2.55. The molecule has 3 N–H and O–H groups in total. The molecule has 0 atom stereocenters. The Morgan fingerprint density at radius 2 is 1.79 bits per heavy atom. The summed E-state index contributed by atoms with van der Waals surface area (Å²) in [6, 6.07) is 15.4. The number of carbonyl (C=O) groups is 1. The summed E-state index contributed by atoms with van der Waals surface area (Å²) in [6.07, 6.45) is 0. The number of benzene rings is 2. The molecule has 0 saturated carbocycles. The van der Waals surface area contributed by atoms with E-state index < -0.39 is 0 Å². The molecule has 7 heteroatoms. The number of guanidine groups is 1. The molecule has 0 spiro atoms. The van der Waals surface area contributed by atoms with E-state index in [9.17, 15) is 4.79 Å². The Morgan fingerprint density at radius 3 is 2.50 bits per heavy atom. The summed E-state index contributed by atoms with van der Waals surface area (Å²) in [5.41, 5.74) is 2.97. The zero-order valence-corrected chi connectivity index (χ0v) is 18.9. The lowest BCUT2D eigenvalue weighted by molar-refractivity contribution is 0.0954. The standard InChI is InChI=1S/C21H28N4O2.HI/c1-4-22-21(25-15-17-8-5-7-16(2)13-17)24-12-11-23-20(26)18-9-6-10-19(14-18)27-3;/h5-10,13-14H,4,11-12,15H2,1-3H3,(H,23,26)(H2,22,24,25);1H. The summed E-state index contributed by atoms with van der Waals surface area (Å²) in [4.78, 5) is 16.8. The number of hydrogen-bond donors (Lipinski definition) is 3. The third kappa shape index (κ3) is 8.16. The van der Waals surface area contributed by atoms with Crippen molar-refractivity contribution in [1.82, 2.24) is 16.0 Å². The lowest BCUT2D eigenvalue weighted by Crippen LogP contribution is -2.41. The van der Waals surface area contributed by atoms with Gasteiger partial charge in [-0.25, -0.2) is 4.99 Å². The Morgan fingerprint density at radius 1 is 1.04 bits per heavy atom. The number of halogens is 1. The Hall–Kier alpha value is -2.29. The molecule has 0 fully saturated rings. The fourth-order valence-electron chi connectivity index (χ4n) is 2.55. The number of ether oxygens (including phenoxy) is 1. The average molecular weight is 496 g/mol. The molecule has 0 radical (unpaired) electrons. The van der Waals surface area contributed by atoms with Crippen LogP contribution in [0.15, 0.2) is 53.5 Å². The van der Waals surface area contributed by atoms with Gasteiger partial charge in [-0.1, -0.05) is 35.9 Å². The van der Waals surface area contributed by atoms with Gasteiger partial charge in [0, 0.05) is 25.2 Å². The van der Waals surface area contributed by atoms with Gasteiger partial charge in [0.1, 0.15) is 5.75 Å². The van der Waals surface area contributed by atoms with Crippen LogP contribution < -0.4 is 20.7 Å². The predicted molar refractivity (Wildman–Crippen MR) is 125 cm³/mol. The molecular formula is C21H29IN4O2. The van der Waals surface area contributed by atoms with Gasteiger partial charge in [0.15, 0.2) is 5.96 Å². The molecule has 0 aliphatic rings. The Kier molecular flexibility index (Phi) is 11.0. The van der Waals surface area contributed by atoms with E-state index in [1.165, 1.54) is 11.1 Å². The number of aliphatic imine (C=N–C) groups is 1. The summed E-state index contributed by atoms with van der Waals surface area (Å²) in [5.74, 6) is 1.27. The number of nitrogens with zero attached hydrogens (tertiary/aromatic N) is 1. The van der Waals surface area contributed by atoms with Gasteiger partial charge >= 0.3 is 0 Å². The normalized spacial score (nSPS) is 10.6. The van der Waals surface area contributed by atoms with Crippen molar-refractivity contribution in [2.45, 2.75) is 20.4 Å². The zero-order valence-electron chi connectivity index (χ0n) is 16.6. The number of amides is 1. The minimum absolute atomic E-state index is 0. The van der Waals surface area contributed by atoms with Crippen LogP contribution in [0.5, 0.6) is 5.75 Å². The molecule has 28 heavy (non-hydrogen) atoms. The van der Waals surface area contributed by atoms with Gasteiger partial charge < -0.3 is 20.7 Å². The fraction of sp³-hybridized carbons (Fsp3) is 0.333. The Balaban J connectivity index is 0.00000392. The molecule has 0 heterocycles. The number of nitrogens with one attached hydrogen (secondary N) is 3. The lowest BCUT2D eigenvalue weighted by atomic mass is 10.1. The van der Waals surface area contributed by atoms with Crippen LogP contribution in [-0.4, -0.2) is 38.6 Å². The molecule has 2 aromatic carbocycles. The highest BCUT2D eigenvalue weighted by Gasteiger charge is 2.06. The highest BCUT2D eigenvalue weighted by atomic mass is 127. The van der Waals surface area contributed by atoms with Crippen molar-refractivity contribution in [2.24, 2.45) is 4.99 Å². The molecule has 0 aliphatic carbocycles. The summed E-state index contributed by atoms with van der Waals surface area (Å²) < 4.78 is 5.14. The van der Waals surface area contributed by atoms with Crippen molar-refractivity contribution in [3.05, 3.63) is 65.2 Å². The van der Waals surface area contributed by atoms with Gasteiger partial charge in [-0.2, -0.15) is 0 Å². The summed E-state index contributed by atoms with van der Waals surface area (Å²) >= 11 is 0. The summed E-state index contributed by atoms with van der Waals surface area (Å²) in [7, 11) is 1.58. The van der Waals surface area contributed by atoms with Crippen LogP contribution in [0, 0.1) is 6.92 Å². The first-order chi connectivity index (χ1) is 13.1. The monoisotopic (exact) mass is 496 g/mol. The first kappa shape index (κ1) is 23.7. The van der Waals surface area contributed by atoms with E-state index in [2.05, 4.69) is 46.1 Å². The largest absolute Gasteiger partial charge is 0.497 e. The van der Waals surface area contributed by atoms with Gasteiger partial charge in [-0.3, -0.25) is 4.79 Å². The van der Waals surface area contributed by atoms with Crippen molar-refractivity contribution in [3.63, 3.8) is 0 Å². The van der Waals surface area contributed by atoms with Crippen LogP contribution in [0.25, 0.3) is 0 Å². The molecular weight excluding hydrogens is 467 g/mol. The second kappa shape index (κ2) is 13.0. The van der Waals surface area contributed by atoms with E-state index in [1.807, 2.05) is 19.1 Å². The SMILES string of the molecule is CCNC(=NCc1cccc(C)c1)NCCNC(=O)c1cccc(OC)c1.I. The molecule has 0 aliphatic heterocycles. The van der Waals surface area contributed by atoms with Crippen LogP contribution in [0.2, 0.25) is 0 Å². The van der Waals surface area contributed by atoms with Crippen molar-refractivity contribution in [3.8, 4) is 5.75 Å². The third-order valence-electron chi connectivity index (χ3n) is 3.88. The van der Waals surface area contributed by atoms with Gasteiger partial charge in [0.05, 0.1) is 13.7 Å². The minimum atomic E-state index is -0.127. The van der Waals surface area contributed by atoms with E-state index in [-0.39, 0.29) is 29.9 Å². The number of methoxy groups -OCH3 is 1. The van der Waals surface area contributed by atoms with E-state index in [4.69, 9.17) is 4.74 Å². The van der Waals surface area contributed by atoms with E-state index in [0.29, 0.717) is 30.9 Å². The van der Waals surface area contributed by atoms with Crippen LogP contribution >= 0.6 is 24.0 Å². The Labute approximate surface area is 184 Å². The van der Waals surface area contributed by atoms with E-state index in [0.717, 1.165) is 12.5 Å². The number of carbonyl (C=O) groups excluding carboxylic acids is 1. The molecule has 1 amide bonds. The van der Waals surface area contributed by atoms with Crippen molar-refractivity contribution in [2.75, 3.05) is 26.7 Å². The van der Waals surface area contributed by atoms with Gasteiger partial charge in [-0.05, 0) is 37.6 Å².